The van der Waals surface area contributed by atoms with E-state index in [1.165, 1.54) is 0 Å². The van der Waals surface area contributed by atoms with E-state index in [4.69, 9.17) is 11.6 Å². The number of aromatic nitrogens is 1. The van der Waals surface area contributed by atoms with E-state index < -0.39 is 5.92 Å². The molecule has 0 atom stereocenters. The van der Waals surface area contributed by atoms with Crippen molar-refractivity contribution in [3.63, 3.8) is 0 Å². The maximum atomic E-state index is 12.3. The SMILES string of the molecule is [CH2]C(F)(F)c1cnc(Cl)s1. The lowest BCUT2D eigenvalue weighted by molar-refractivity contribution is 0.0526. The highest BCUT2D eigenvalue weighted by atomic mass is 35.5. The summed E-state index contributed by atoms with van der Waals surface area (Å²) in [4.78, 5) is 3.24. The summed E-state index contributed by atoms with van der Waals surface area (Å²) in [6, 6.07) is 0. The van der Waals surface area contributed by atoms with Crippen molar-refractivity contribution in [2.24, 2.45) is 0 Å². The summed E-state index contributed by atoms with van der Waals surface area (Å²) in [5.41, 5.74) is 0. The Balaban J connectivity index is 2.96. The van der Waals surface area contributed by atoms with Gasteiger partial charge in [-0.15, -0.1) is 11.3 Å². The molecule has 1 heterocycles. The van der Waals surface area contributed by atoms with Crippen LogP contribution in [-0.2, 0) is 5.92 Å². The monoisotopic (exact) mass is 182 g/mol. The molecule has 0 aliphatic heterocycles. The zero-order chi connectivity index (χ0) is 7.78. The molecule has 0 aromatic carbocycles. The van der Waals surface area contributed by atoms with Gasteiger partial charge in [0.2, 0.25) is 0 Å². The molecule has 1 nitrogen and oxygen atoms in total. The van der Waals surface area contributed by atoms with Gasteiger partial charge in [-0.05, 0) is 0 Å². The predicted octanol–water partition coefficient (Wildman–Crippen LogP) is 2.72. The molecule has 1 aromatic heterocycles. The van der Waals surface area contributed by atoms with Crippen LogP contribution in [0.5, 0.6) is 0 Å². The molecule has 55 valence electrons. The predicted molar refractivity (Wildman–Crippen MR) is 36.4 cm³/mol. The normalized spacial score (nSPS) is 12.0. The molecule has 0 saturated heterocycles. The van der Waals surface area contributed by atoms with Gasteiger partial charge in [0.15, 0.2) is 4.47 Å². The molecule has 10 heavy (non-hydrogen) atoms. The Labute approximate surface area is 65.7 Å². The third kappa shape index (κ3) is 1.64. The van der Waals surface area contributed by atoms with Crippen LogP contribution >= 0.6 is 22.9 Å². The lowest BCUT2D eigenvalue weighted by Gasteiger charge is -2.03. The first-order chi connectivity index (χ1) is 4.50. The molecule has 0 saturated carbocycles. The van der Waals surface area contributed by atoms with Crippen LogP contribution in [0.25, 0.3) is 0 Å². The molecule has 0 aliphatic rings. The standard InChI is InChI=1S/C5H3ClF2NS/c1-5(7,8)3-2-9-4(6)10-3/h2H,1H2. The maximum absolute atomic E-state index is 12.3. The summed E-state index contributed by atoms with van der Waals surface area (Å²) in [6.07, 6.45) is 1.03. The first-order valence-corrected chi connectivity index (χ1v) is 3.54. The van der Waals surface area contributed by atoms with Crippen molar-refractivity contribution in [3.8, 4) is 0 Å². The highest BCUT2D eigenvalue weighted by molar-refractivity contribution is 7.15. The van der Waals surface area contributed by atoms with E-state index >= 15 is 0 Å². The van der Waals surface area contributed by atoms with E-state index in [1.807, 2.05) is 0 Å². The van der Waals surface area contributed by atoms with Crippen molar-refractivity contribution in [1.82, 2.24) is 4.98 Å². The molecule has 5 heteroatoms. The minimum atomic E-state index is -3.06. The molecule has 0 unspecified atom stereocenters. The van der Waals surface area contributed by atoms with Gasteiger partial charge in [-0.25, -0.2) is 13.8 Å². The summed E-state index contributed by atoms with van der Waals surface area (Å²) >= 11 is 6.05. The summed E-state index contributed by atoms with van der Waals surface area (Å²) < 4.78 is 24.6. The molecule has 0 bridgehead atoms. The summed E-state index contributed by atoms with van der Waals surface area (Å²) in [6.45, 7) is 2.63. The van der Waals surface area contributed by atoms with Gasteiger partial charge in [0, 0.05) is 13.1 Å². The lowest BCUT2D eigenvalue weighted by atomic mass is 10.3. The molecule has 0 N–H and O–H groups in total. The van der Waals surface area contributed by atoms with Gasteiger partial charge < -0.3 is 0 Å². The van der Waals surface area contributed by atoms with Crippen molar-refractivity contribution < 1.29 is 8.78 Å². The molecule has 1 radical (unpaired) electrons. The average Bonchev–Trinajstić information content (AvgIpc) is 2.11. The number of halogens is 3. The Morgan fingerprint density at radius 1 is 1.70 bits per heavy atom. The molecule has 1 aromatic rings. The van der Waals surface area contributed by atoms with E-state index in [0.717, 1.165) is 17.5 Å². The van der Waals surface area contributed by atoms with Crippen molar-refractivity contribution in [1.29, 1.82) is 0 Å². The number of nitrogens with zero attached hydrogens (tertiary/aromatic N) is 1. The summed E-state index contributed by atoms with van der Waals surface area (Å²) in [5.74, 6) is -3.06. The third-order valence-electron chi connectivity index (χ3n) is 0.838. The fourth-order valence-corrected chi connectivity index (χ4v) is 1.26. The van der Waals surface area contributed by atoms with Gasteiger partial charge in [-0.3, -0.25) is 0 Å². The zero-order valence-electron chi connectivity index (χ0n) is 4.77. The van der Waals surface area contributed by atoms with Gasteiger partial charge in [0.05, 0.1) is 4.88 Å². The molecule has 0 fully saturated rings. The second-order valence-corrected chi connectivity index (χ2v) is 3.29. The number of thiazole rings is 1. The molecular weight excluding hydrogens is 180 g/mol. The zero-order valence-corrected chi connectivity index (χ0v) is 6.35. The largest absolute Gasteiger partial charge is 0.284 e. The Kier molecular flexibility index (Phi) is 1.92. The first kappa shape index (κ1) is 7.88. The fourth-order valence-electron chi connectivity index (χ4n) is 0.422. The maximum Gasteiger partial charge on any atom is 0.284 e. The van der Waals surface area contributed by atoms with E-state index in [2.05, 4.69) is 11.9 Å². The Morgan fingerprint density at radius 2 is 2.30 bits per heavy atom. The summed E-state index contributed by atoms with van der Waals surface area (Å²) in [5, 5.41) is 0. The van der Waals surface area contributed by atoms with Gasteiger partial charge >= 0.3 is 0 Å². The minimum absolute atomic E-state index is 0.110. The second kappa shape index (κ2) is 2.43. The smallest absolute Gasteiger partial charge is 0.233 e. The molecule has 0 amide bonds. The Bertz CT molecular complexity index is 230. The number of alkyl halides is 2. The van der Waals surface area contributed by atoms with Crippen LogP contribution in [0.1, 0.15) is 4.88 Å². The van der Waals surface area contributed by atoms with E-state index in [0.29, 0.717) is 0 Å². The van der Waals surface area contributed by atoms with Gasteiger partial charge in [0.25, 0.3) is 5.92 Å². The van der Waals surface area contributed by atoms with Crippen molar-refractivity contribution in [3.05, 3.63) is 22.5 Å². The van der Waals surface area contributed by atoms with Crippen LogP contribution in [0.4, 0.5) is 8.78 Å². The van der Waals surface area contributed by atoms with Crippen LogP contribution in [0, 0.1) is 6.92 Å². The number of hydrogen-bond donors (Lipinski definition) is 0. The van der Waals surface area contributed by atoms with Crippen LogP contribution in [0.2, 0.25) is 4.47 Å². The molecule has 0 aliphatic carbocycles. The van der Waals surface area contributed by atoms with Crippen molar-refractivity contribution in [2.45, 2.75) is 5.92 Å². The van der Waals surface area contributed by atoms with Gasteiger partial charge in [-0.2, -0.15) is 0 Å². The topological polar surface area (TPSA) is 12.9 Å². The molecular formula is C5H3ClF2NS. The Morgan fingerprint density at radius 3 is 2.50 bits per heavy atom. The highest BCUT2D eigenvalue weighted by Gasteiger charge is 2.26. The van der Waals surface area contributed by atoms with Crippen LogP contribution < -0.4 is 0 Å². The quantitative estimate of drug-likeness (QED) is 0.651. The van der Waals surface area contributed by atoms with E-state index in [-0.39, 0.29) is 9.34 Å². The number of rotatable bonds is 1. The lowest BCUT2D eigenvalue weighted by Crippen LogP contribution is -2.03. The third-order valence-corrected chi connectivity index (χ3v) is 2.06. The van der Waals surface area contributed by atoms with Crippen molar-refractivity contribution in [2.75, 3.05) is 0 Å². The van der Waals surface area contributed by atoms with Crippen LogP contribution in [-0.4, -0.2) is 4.98 Å². The van der Waals surface area contributed by atoms with Gasteiger partial charge in [-0.1, -0.05) is 11.6 Å². The molecule has 0 spiro atoms. The Hall–Kier alpha value is -0.220. The number of hydrogen-bond acceptors (Lipinski definition) is 2. The van der Waals surface area contributed by atoms with Crippen LogP contribution in [0.15, 0.2) is 6.20 Å². The highest BCUT2D eigenvalue weighted by Crippen LogP contribution is 2.32. The first-order valence-electron chi connectivity index (χ1n) is 2.35. The molecule has 1 rings (SSSR count). The van der Waals surface area contributed by atoms with Crippen LogP contribution in [0.3, 0.4) is 0 Å². The fraction of sp³-hybridized carbons (Fsp3) is 0.200. The minimum Gasteiger partial charge on any atom is -0.233 e. The van der Waals surface area contributed by atoms with Crippen molar-refractivity contribution >= 4 is 22.9 Å². The average molecular weight is 183 g/mol. The van der Waals surface area contributed by atoms with E-state index in [9.17, 15) is 8.78 Å². The van der Waals surface area contributed by atoms with E-state index in [1.54, 1.807) is 0 Å². The van der Waals surface area contributed by atoms with Gasteiger partial charge in [0.1, 0.15) is 0 Å². The second-order valence-electron chi connectivity index (χ2n) is 1.68. The summed E-state index contributed by atoms with van der Waals surface area (Å²) in [7, 11) is 0.